The first-order valence-electron chi connectivity index (χ1n) is 20.3. The maximum Gasteiger partial charge on any atom is 0.143 e. The van der Waals surface area contributed by atoms with Crippen LogP contribution >= 0.6 is 0 Å². The van der Waals surface area contributed by atoms with Gasteiger partial charge in [-0.2, -0.15) is 0 Å². The summed E-state index contributed by atoms with van der Waals surface area (Å²) >= 11 is 0. The van der Waals surface area contributed by atoms with E-state index in [4.69, 9.17) is 4.42 Å². The monoisotopic (exact) mass is 750 g/mol. The molecule has 0 saturated heterocycles. The summed E-state index contributed by atoms with van der Waals surface area (Å²) in [5, 5.41) is 14.6. The Labute approximate surface area is 339 Å². The van der Waals surface area contributed by atoms with Gasteiger partial charge < -0.3 is 13.9 Å². The molecule has 2 aromatic heterocycles. The zero-order valence-corrected chi connectivity index (χ0v) is 31.9. The topological polar surface area (TPSA) is 21.3 Å². The number of nitrogens with zero attached hydrogens (tertiary/aromatic N) is 2. The van der Waals surface area contributed by atoms with Crippen LogP contribution in [0.15, 0.2) is 211 Å². The Morgan fingerprint density at radius 3 is 1.90 bits per heavy atom. The number of hydrogen-bond acceptors (Lipinski definition) is 2. The molecule has 274 valence electrons. The molecule has 0 spiro atoms. The number of aromatic nitrogens is 1. The largest absolute Gasteiger partial charge is 0.455 e. The summed E-state index contributed by atoms with van der Waals surface area (Å²) in [6.07, 6.45) is 0. The fourth-order valence-corrected chi connectivity index (χ4v) is 9.94. The van der Waals surface area contributed by atoms with Crippen LogP contribution in [0.4, 0.5) is 17.1 Å². The van der Waals surface area contributed by atoms with Crippen LogP contribution < -0.4 is 4.90 Å². The average molecular weight is 751 g/mol. The summed E-state index contributed by atoms with van der Waals surface area (Å²) in [4.78, 5) is 2.40. The second kappa shape index (κ2) is 12.3. The lowest BCUT2D eigenvalue weighted by Gasteiger charge is -2.27. The summed E-state index contributed by atoms with van der Waals surface area (Å²) in [6.45, 7) is 0. The van der Waals surface area contributed by atoms with E-state index < -0.39 is 0 Å². The number of fused-ring (bicyclic) bond motifs is 7. The molecular weight excluding hydrogens is 717 g/mol. The zero-order chi connectivity index (χ0) is 38.6. The molecule has 0 aliphatic carbocycles. The van der Waals surface area contributed by atoms with Crippen LogP contribution in [-0.4, -0.2) is 4.57 Å². The fraction of sp³-hybridized carbons (Fsp3) is 0. The number of rotatable bonds is 5. The minimum atomic E-state index is 0.913. The first-order chi connectivity index (χ1) is 29.3. The van der Waals surface area contributed by atoms with E-state index in [-0.39, 0.29) is 0 Å². The number of hydrogen-bond donors (Lipinski definition) is 0. The van der Waals surface area contributed by atoms with Crippen LogP contribution in [-0.2, 0) is 0 Å². The molecule has 0 fully saturated rings. The van der Waals surface area contributed by atoms with E-state index in [0.717, 1.165) is 55.8 Å². The number of para-hydroxylation sites is 4. The minimum Gasteiger partial charge on any atom is -0.455 e. The number of anilines is 3. The summed E-state index contributed by atoms with van der Waals surface area (Å²) in [7, 11) is 0. The molecule has 0 amide bonds. The molecule has 0 saturated carbocycles. The fourth-order valence-electron chi connectivity index (χ4n) is 9.94. The molecule has 59 heavy (non-hydrogen) atoms. The molecule has 2 heterocycles. The Morgan fingerprint density at radius 1 is 0.356 bits per heavy atom. The molecule has 0 bridgehead atoms. The zero-order valence-electron chi connectivity index (χ0n) is 31.9. The van der Waals surface area contributed by atoms with E-state index in [1.165, 1.54) is 64.9 Å². The van der Waals surface area contributed by atoms with Crippen LogP contribution in [0.5, 0.6) is 0 Å². The first-order valence-corrected chi connectivity index (χ1v) is 20.3. The molecule has 0 atom stereocenters. The van der Waals surface area contributed by atoms with Gasteiger partial charge in [-0.05, 0) is 86.4 Å². The van der Waals surface area contributed by atoms with Crippen LogP contribution in [0.1, 0.15) is 0 Å². The Bertz CT molecular complexity index is 3790. The first kappa shape index (κ1) is 32.2. The van der Waals surface area contributed by atoms with Gasteiger partial charge in [0.2, 0.25) is 0 Å². The third-order valence-electron chi connectivity index (χ3n) is 12.5. The standard InChI is InChI=1S/C56H34N2O/c1-2-14-38(15-3-1)57(49-22-10-13-35-12-4-5-16-40(35)49)39-28-32-43-42-17-6-8-21-50(42)58(52(43)34-39)51-33-27-37-25-30-45-41(29-24-36-26-31-48(51)55(37)54(36)45)46-19-11-20-47-44-18-7-9-23-53(44)59-56(46)47/h1-34H. The molecule has 13 rings (SSSR count). The Hall–Kier alpha value is -7.88. The predicted octanol–water partition coefficient (Wildman–Crippen LogP) is 15.9. The molecule has 11 aromatic carbocycles. The van der Waals surface area contributed by atoms with Crippen LogP contribution in [0.2, 0.25) is 0 Å². The van der Waals surface area contributed by atoms with Gasteiger partial charge in [0.05, 0.1) is 22.4 Å². The van der Waals surface area contributed by atoms with Crippen molar-refractivity contribution in [1.29, 1.82) is 0 Å². The van der Waals surface area contributed by atoms with Crippen LogP contribution in [0.25, 0.3) is 104 Å². The maximum atomic E-state index is 6.58. The van der Waals surface area contributed by atoms with Crippen molar-refractivity contribution in [3.05, 3.63) is 206 Å². The van der Waals surface area contributed by atoms with Gasteiger partial charge in [0.1, 0.15) is 11.2 Å². The molecular formula is C56H34N2O. The highest BCUT2D eigenvalue weighted by Crippen LogP contribution is 2.46. The summed E-state index contributed by atoms with van der Waals surface area (Å²) in [5.41, 5.74) is 11.0. The average Bonchev–Trinajstić information content (AvgIpc) is 3.84. The van der Waals surface area contributed by atoms with Gasteiger partial charge in [0.15, 0.2) is 0 Å². The van der Waals surface area contributed by atoms with Gasteiger partial charge in [-0.1, -0.05) is 158 Å². The Morgan fingerprint density at radius 2 is 1.00 bits per heavy atom. The third kappa shape index (κ3) is 4.64. The molecule has 0 aliphatic heterocycles. The lowest BCUT2D eigenvalue weighted by atomic mass is 9.89. The summed E-state index contributed by atoms with van der Waals surface area (Å²) in [6, 6.07) is 75.1. The lowest BCUT2D eigenvalue weighted by molar-refractivity contribution is 0.670. The molecule has 0 unspecified atom stereocenters. The van der Waals surface area contributed by atoms with Crippen molar-refractivity contribution in [3.8, 4) is 16.8 Å². The summed E-state index contributed by atoms with van der Waals surface area (Å²) in [5.74, 6) is 0. The van der Waals surface area contributed by atoms with Crippen LogP contribution in [0.3, 0.4) is 0 Å². The Kier molecular flexibility index (Phi) is 6.72. The van der Waals surface area contributed by atoms with E-state index in [1.807, 2.05) is 6.07 Å². The van der Waals surface area contributed by atoms with E-state index in [1.54, 1.807) is 0 Å². The normalized spacial score (nSPS) is 12.1. The van der Waals surface area contributed by atoms with Gasteiger partial charge >= 0.3 is 0 Å². The van der Waals surface area contributed by atoms with E-state index in [9.17, 15) is 0 Å². The second-order valence-corrected chi connectivity index (χ2v) is 15.6. The van der Waals surface area contributed by atoms with Crippen molar-refractivity contribution in [1.82, 2.24) is 4.57 Å². The number of benzene rings is 11. The smallest absolute Gasteiger partial charge is 0.143 e. The maximum absolute atomic E-state index is 6.58. The minimum absolute atomic E-state index is 0.913. The van der Waals surface area contributed by atoms with Gasteiger partial charge in [-0.25, -0.2) is 0 Å². The summed E-state index contributed by atoms with van der Waals surface area (Å²) < 4.78 is 9.06. The lowest BCUT2D eigenvalue weighted by Crippen LogP contribution is -2.10. The predicted molar refractivity (Wildman–Crippen MR) is 249 cm³/mol. The quantitative estimate of drug-likeness (QED) is 0.163. The van der Waals surface area contributed by atoms with Crippen molar-refractivity contribution >= 4 is 104 Å². The highest BCUT2D eigenvalue weighted by Gasteiger charge is 2.22. The highest BCUT2D eigenvalue weighted by atomic mass is 16.3. The second-order valence-electron chi connectivity index (χ2n) is 15.6. The number of furan rings is 1. The van der Waals surface area contributed by atoms with E-state index >= 15 is 0 Å². The van der Waals surface area contributed by atoms with Gasteiger partial charge in [0, 0.05) is 49.3 Å². The van der Waals surface area contributed by atoms with Gasteiger partial charge in [-0.3, -0.25) is 0 Å². The van der Waals surface area contributed by atoms with E-state index in [2.05, 4.69) is 210 Å². The van der Waals surface area contributed by atoms with Crippen LogP contribution in [0, 0.1) is 0 Å². The molecule has 0 aliphatic rings. The highest BCUT2D eigenvalue weighted by molar-refractivity contribution is 6.28. The molecule has 3 heteroatoms. The molecule has 13 aromatic rings. The van der Waals surface area contributed by atoms with E-state index in [0.29, 0.717) is 0 Å². The van der Waals surface area contributed by atoms with Gasteiger partial charge in [0.25, 0.3) is 0 Å². The van der Waals surface area contributed by atoms with Crippen molar-refractivity contribution in [2.45, 2.75) is 0 Å². The van der Waals surface area contributed by atoms with Crippen molar-refractivity contribution in [2.75, 3.05) is 4.90 Å². The van der Waals surface area contributed by atoms with Crippen molar-refractivity contribution in [3.63, 3.8) is 0 Å². The van der Waals surface area contributed by atoms with Gasteiger partial charge in [-0.15, -0.1) is 0 Å². The SMILES string of the molecule is c1ccc(N(c2ccc3c4ccccc4n(-c4ccc5ccc6c(-c7cccc8c7oc7ccccc78)ccc7ccc4c5c76)c3c2)c2cccc3ccccc23)cc1. The molecule has 3 nitrogen and oxygen atoms in total. The van der Waals surface area contributed by atoms with Crippen molar-refractivity contribution < 1.29 is 4.42 Å². The van der Waals surface area contributed by atoms with Crippen molar-refractivity contribution in [2.24, 2.45) is 0 Å². The molecule has 0 radical (unpaired) electrons. The molecule has 0 N–H and O–H groups in total. The third-order valence-corrected chi connectivity index (χ3v) is 12.5. The Balaban J connectivity index is 1.07.